The van der Waals surface area contributed by atoms with E-state index >= 15 is 0 Å². The molecule has 0 bridgehead atoms. The topological polar surface area (TPSA) is 79.5 Å². The fraction of sp³-hybridized carbons (Fsp3) is 0.333. The normalized spacial score (nSPS) is 25.0. The van der Waals surface area contributed by atoms with Crippen LogP contribution in [0, 0.1) is 11.7 Å². The highest BCUT2D eigenvalue weighted by molar-refractivity contribution is 5.95. The molecule has 1 aliphatic heterocycles. The Morgan fingerprint density at radius 1 is 1.26 bits per heavy atom. The summed E-state index contributed by atoms with van der Waals surface area (Å²) in [6, 6.07) is 3.42. The minimum absolute atomic E-state index is 0.131. The number of hydrogen-bond donors (Lipinski definition) is 3. The van der Waals surface area contributed by atoms with E-state index in [9.17, 15) is 22.8 Å². The summed E-state index contributed by atoms with van der Waals surface area (Å²) in [5.74, 6) is -2.72. The first kappa shape index (κ1) is 18.8. The maximum Gasteiger partial charge on any atom is 0.319 e. The largest absolute Gasteiger partial charge is 0.495 e. The van der Waals surface area contributed by atoms with Gasteiger partial charge in [0.1, 0.15) is 11.9 Å². The second kappa shape index (κ2) is 7.73. The number of anilines is 1. The lowest BCUT2D eigenvalue weighted by Crippen LogP contribution is -2.46. The number of alkyl halides is 1. The minimum Gasteiger partial charge on any atom is -0.495 e. The summed E-state index contributed by atoms with van der Waals surface area (Å²) < 4.78 is 45.7. The molecule has 1 aromatic rings. The molecule has 1 aliphatic carbocycles. The zero-order chi connectivity index (χ0) is 19.6. The van der Waals surface area contributed by atoms with Crippen molar-refractivity contribution >= 4 is 17.6 Å². The van der Waals surface area contributed by atoms with Gasteiger partial charge in [-0.25, -0.2) is 18.0 Å². The highest BCUT2D eigenvalue weighted by Gasteiger charge is 2.40. The molecule has 1 fully saturated rings. The molecule has 1 unspecified atom stereocenters. The molecule has 1 aromatic carbocycles. The van der Waals surface area contributed by atoms with Crippen molar-refractivity contribution in [1.82, 2.24) is 10.6 Å². The van der Waals surface area contributed by atoms with Gasteiger partial charge in [0.25, 0.3) is 0 Å². The number of allylic oxidation sites excluding steroid dienone is 3. The summed E-state index contributed by atoms with van der Waals surface area (Å²) in [7, 11) is 1.19. The number of hydrogen-bond acceptors (Lipinski definition) is 3. The zero-order valence-corrected chi connectivity index (χ0v) is 14.4. The van der Waals surface area contributed by atoms with Crippen molar-refractivity contribution in [2.24, 2.45) is 5.92 Å². The predicted octanol–water partition coefficient (Wildman–Crippen LogP) is 2.56. The van der Waals surface area contributed by atoms with Crippen LogP contribution in [0.5, 0.6) is 0 Å². The molecular weight excluding hydrogens is 363 g/mol. The summed E-state index contributed by atoms with van der Waals surface area (Å²) in [5.41, 5.74) is 0.703. The van der Waals surface area contributed by atoms with Crippen LogP contribution >= 0.6 is 0 Å². The van der Waals surface area contributed by atoms with E-state index in [4.69, 9.17) is 4.74 Å². The second-order valence-electron chi connectivity index (χ2n) is 6.24. The lowest BCUT2D eigenvalue weighted by Gasteiger charge is -2.25. The van der Waals surface area contributed by atoms with E-state index in [-0.39, 0.29) is 18.7 Å². The number of carbonyl (C=O) groups is 2. The highest BCUT2D eigenvalue weighted by atomic mass is 19.1. The molecule has 2 aliphatic rings. The summed E-state index contributed by atoms with van der Waals surface area (Å²) in [5, 5.41) is 7.57. The third-order valence-corrected chi connectivity index (χ3v) is 4.51. The van der Waals surface area contributed by atoms with Crippen LogP contribution in [0.2, 0.25) is 0 Å². The Labute approximate surface area is 153 Å². The number of ether oxygens (including phenoxy) is 1. The summed E-state index contributed by atoms with van der Waals surface area (Å²) in [4.78, 5) is 24.3. The van der Waals surface area contributed by atoms with Gasteiger partial charge in [0, 0.05) is 24.6 Å². The van der Waals surface area contributed by atoms with Crippen LogP contribution in [0.25, 0.3) is 0 Å². The average molecular weight is 381 g/mol. The molecule has 0 aromatic heterocycles. The number of methoxy groups -OCH3 is 1. The Bertz CT molecular complexity index is 808. The van der Waals surface area contributed by atoms with Gasteiger partial charge in [-0.1, -0.05) is 5.57 Å². The van der Waals surface area contributed by atoms with Gasteiger partial charge >= 0.3 is 6.03 Å². The molecule has 3 amide bonds. The molecule has 9 heteroatoms. The smallest absolute Gasteiger partial charge is 0.319 e. The van der Waals surface area contributed by atoms with Crippen molar-refractivity contribution in [1.29, 1.82) is 0 Å². The van der Waals surface area contributed by atoms with Crippen LogP contribution < -0.4 is 16.0 Å². The lowest BCUT2D eigenvalue weighted by molar-refractivity contribution is -0.120. The molecule has 144 valence electrons. The van der Waals surface area contributed by atoms with Gasteiger partial charge in [-0.2, -0.15) is 0 Å². The maximum atomic E-state index is 14.1. The minimum atomic E-state index is -1.65. The van der Waals surface area contributed by atoms with E-state index in [2.05, 4.69) is 16.0 Å². The molecule has 1 saturated heterocycles. The molecule has 3 N–H and O–H groups in total. The van der Waals surface area contributed by atoms with E-state index in [1.54, 1.807) is 0 Å². The van der Waals surface area contributed by atoms with Gasteiger partial charge in [-0.05, 0) is 30.3 Å². The fourth-order valence-corrected chi connectivity index (χ4v) is 3.20. The predicted molar refractivity (Wildman–Crippen MR) is 91.6 cm³/mol. The van der Waals surface area contributed by atoms with E-state index < -0.39 is 41.7 Å². The van der Waals surface area contributed by atoms with Crippen LogP contribution in [-0.2, 0) is 9.53 Å². The van der Waals surface area contributed by atoms with Crippen LogP contribution in [-0.4, -0.2) is 37.8 Å². The van der Waals surface area contributed by atoms with Crippen molar-refractivity contribution in [3.8, 4) is 0 Å². The fourth-order valence-electron chi connectivity index (χ4n) is 3.20. The van der Waals surface area contributed by atoms with Gasteiger partial charge in [0.2, 0.25) is 5.91 Å². The van der Waals surface area contributed by atoms with Crippen molar-refractivity contribution in [3.63, 3.8) is 0 Å². The molecule has 27 heavy (non-hydrogen) atoms. The quantitative estimate of drug-likeness (QED) is 0.750. The summed E-state index contributed by atoms with van der Waals surface area (Å²) in [6.07, 6.45) is -0.639. The first-order valence-corrected chi connectivity index (χ1v) is 8.28. The summed E-state index contributed by atoms with van der Waals surface area (Å²) in [6.45, 7) is 0.147. The van der Waals surface area contributed by atoms with E-state index in [0.29, 0.717) is 11.3 Å². The lowest BCUT2D eigenvalue weighted by atomic mass is 9.86. The van der Waals surface area contributed by atoms with Gasteiger partial charge in [-0.3, -0.25) is 4.79 Å². The first-order chi connectivity index (χ1) is 12.9. The number of urea groups is 1. The molecular formula is C18H18F3N3O3. The number of amides is 3. The van der Waals surface area contributed by atoms with E-state index in [1.165, 1.54) is 31.4 Å². The SMILES string of the molecule is COC1=C(F)C=C([C@@H]2CNC(=O)[C@H]2NC(=O)Nc2ccc(F)cc2)CC1F. The average Bonchev–Trinajstić information content (AvgIpc) is 2.97. The number of nitrogens with one attached hydrogen (secondary N) is 3. The van der Waals surface area contributed by atoms with Crippen LogP contribution in [0.15, 0.2) is 47.5 Å². The van der Waals surface area contributed by atoms with Gasteiger partial charge < -0.3 is 20.7 Å². The van der Waals surface area contributed by atoms with Gasteiger partial charge in [0.05, 0.1) is 7.11 Å². The first-order valence-electron chi connectivity index (χ1n) is 8.28. The van der Waals surface area contributed by atoms with Crippen LogP contribution in [0.1, 0.15) is 6.42 Å². The number of halogens is 3. The monoisotopic (exact) mass is 381 g/mol. The Hall–Kier alpha value is -2.97. The van der Waals surface area contributed by atoms with E-state index in [0.717, 1.165) is 6.08 Å². The van der Waals surface area contributed by atoms with Gasteiger partial charge in [-0.15, -0.1) is 0 Å². The van der Waals surface area contributed by atoms with Crippen molar-refractivity contribution in [3.05, 3.63) is 53.3 Å². The van der Waals surface area contributed by atoms with Crippen molar-refractivity contribution in [2.45, 2.75) is 18.6 Å². The molecule has 0 spiro atoms. The zero-order valence-electron chi connectivity index (χ0n) is 14.4. The molecule has 1 heterocycles. The second-order valence-corrected chi connectivity index (χ2v) is 6.24. The molecule has 3 rings (SSSR count). The molecule has 0 saturated carbocycles. The standard InChI is InChI=1S/C18H18F3N3O3/c1-27-16-13(20)6-9(7-14(16)21)12-8-22-17(25)15(12)24-18(26)23-11-4-2-10(19)3-5-11/h2-6,12,14-15H,7-8H2,1H3,(H,22,25)(H2,23,24,26)/t12-,14?,15-/m0/s1. The summed E-state index contributed by atoms with van der Waals surface area (Å²) >= 11 is 0. The van der Waals surface area contributed by atoms with Crippen LogP contribution in [0.3, 0.4) is 0 Å². The Morgan fingerprint density at radius 2 is 1.96 bits per heavy atom. The maximum absolute atomic E-state index is 14.1. The van der Waals surface area contributed by atoms with Crippen molar-refractivity contribution < 1.29 is 27.5 Å². The molecule has 3 atom stereocenters. The number of carbonyl (C=O) groups excluding carboxylic acids is 2. The van der Waals surface area contributed by atoms with Gasteiger partial charge in [0.15, 0.2) is 17.8 Å². The molecule has 0 radical (unpaired) electrons. The van der Waals surface area contributed by atoms with Crippen molar-refractivity contribution in [2.75, 3.05) is 19.0 Å². The van der Waals surface area contributed by atoms with E-state index in [1.807, 2.05) is 0 Å². The number of benzene rings is 1. The molecule has 6 nitrogen and oxygen atoms in total. The van der Waals surface area contributed by atoms with Crippen LogP contribution in [0.4, 0.5) is 23.7 Å². The number of rotatable bonds is 4. The third kappa shape index (κ3) is 4.07. The Morgan fingerprint density at radius 3 is 2.59 bits per heavy atom. The Kier molecular flexibility index (Phi) is 5.38. The third-order valence-electron chi connectivity index (χ3n) is 4.51. The highest BCUT2D eigenvalue weighted by Crippen LogP contribution is 2.34. The Balaban J connectivity index is 1.72.